The second-order valence-electron chi connectivity index (χ2n) is 6.38. The summed E-state index contributed by atoms with van der Waals surface area (Å²) in [6.45, 7) is 2.05. The van der Waals surface area contributed by atoms with Gasteiger partial charge in [0.2, 0.25) is 0 Å². The number of aromatic carboxylic acids is 1. The summed E-state index contributed by atoms with van der Waals surface area (Å²) in [7, 11) is 0. The number of nitrogens with zero attached hydrogens (tertiary/aromatic N) is 5. The average molecular weight is 334 g/mol. The highest BCUT2D eigenvalue weighted by Crippen LogP contribution is 2.39. The number of carbonyl (C=O) groups is 1. The van der Waals surface area contributed by atoms with E-state index in [1.807, 2.05) is 13.0 Å². The van der Waals surface area contributed by atoms with Crippen molar-refractivity contribution < 1.29 is 9.90 Å². The van der Waals surface area contributed by atoms with E-state index in [2.05, 4.69) is 20.4 Å². The Morgan fingerprint density at radius 2 is 2.12 bits per heavy atom. The van der Waals surface area contributed by atoms with Gasteiger partial charge in [-0.2, -0.15) is 15.0 Å². The largest absolute Gasteiger partial charge is 0.478 e. The number of fused-ring (bicyclic) bond motifs is 1. The van der Waals surface area contributed by atoms with Gasteiger partial charge in [0, 0.05) is 29.4 Å². The molecule has 0 amide bonds. The molecule has 0 unspecified atom stereocenters. The molecule has 3 aromatic heterocycles. The first-order chi connectivity index (χ1) is 12.0. The lowest BCUT2D eigenvalue weighted by Gasteiger charge is -2.16. The molecule has 3 aromatic rings. The van der Waals surface area contributed by atoms with Crippen LogP contribution in [0, 0.1) is 11.3 Å². The van der Waals surface area contributed by atoms with Gasteiger partial charge >= 0.3 is 5.97 Å². The fourth-order valence-electron chi connectivity index (χ4n) is 2.62. The Bertz CT molecular complexity index is 1040. The van der Waals surface area contributed by atoms with E-state index in [9.17, 15) is 9.90 Å². The van der Waals surface area contributed by atoms with Crippen molar-refractivity contribution in [2.45, 2.75) is 25.3 Å². The third kappa shape index (κ3) is 2.65. The molecule has 3 heterocycles. The maximum atomic E-state index is 11.5. The topological polar surface area (TPSA) is 117 Å². The van der Waals surface area contributed by atoms with Gasteiger partial charge in [0.25, 0.3) is 0 Å². The van der Waals surface area contributed by atoms with E-state index in [0.717, 1.165) is 12.8 Å². The molecule has 1 aliphatic rings. The number of hydrogen-bond acceptors (Lipinski definition) is 6. The number of carboxylic acid groups (broad SMARTS) is 1. The van der Waals surface area contributed by atoms with Crippen molar-refractivity contribution in [1.82, 2.24) is 19.7 Å². The molecule has 1 saturated carbocycles. The monoisotopic (exact) mass is 334 g/mol. The van der Waals surface area contributed by atoms with Crippen LogP contribution in [0.15, 0.2) is 30.7 Å². The van der Waals surface area contributed by atoms with Gasteiger partial charge in [-0.1, -0.05) is 0 Å². The summed E-state index contributed by atoms with van der Waals surface area (Å²) >= 11 is 0. The zero-order valence-electron chi connectivity index (χ0n) is 13.4. The Hall–Kier alpha value is -3.47. The van der Waals surface area contributed by atoms with Crippen LogP contribution >= 0.6 is 0 Å². The van der Waals surface area contributed by atoms with Crippen LogP contribution in [0.4, 0.5) is 5.69 Å². The SMILES string of the molecule is CC1(Nc2cc(-n3ncc4cc(C#N)cnc43)ncc2C(=O)O)CC1. The molecular formula is C17H14N6O2. The summed E-state index contributed by atoms with van der Waals surface area (Å²) in [5, 5.41) is 26.6. The van der Waals surface area contributed by atoms with Crippen LogP contribution in [-0.4, -0.2) is 36.4 Å². The van der Waals surface area contributed by atoms with Crippen molar-refractivity contribution in [2.24, 2.45) is 0 Å². The fraction of sp³-hybridized carbons (Fsp3) is 0.235. The van der Waals surface area contributed by atoms with Gasteiger partial charge in [0.05, 0.1) is 17.4 Å². The number of aromatic nitrogens is 4. The van der Waals surface area contributed by atoms with Crippen molar-refractivity contribution in [3.63, 3.8) is 0 Å². The maximum absolute atomic E-state index is 11.5. The minimum Gasteiger partial charge on any atom is -0.478 e. The molecule has 0 bridgehead atoms. The molecule has 8 nitrogen and oxygen atoms in total. The first-order valence-electron chi connectivity index (χ1n) is 7.75. The number of rotatable bonds is 4. The molecule has 0 spiro atoms. The normalized spacial score (nSPS) is 14.9. The molecule has 0 aliphatic heterocycles. The van der Waals surface area contributed by atoms with Gasteiger partial charge in [0.1, 0.15) is 11.6 Å². The Morgan fingerprint density at radius 1 is 1.32 bits per heavy atom. The molecule has 2 N–H and O–H groups in total. The second-order valence-corrected chi connectivity index (χ2v) is 6.38. The number of nitriles is 1. The van der Waals surface area contributed by atoms with Crippen molar-refractivity contribution in [3.8, 4) is 11.9 Å². The summed E-state index contributed by atoms with van der Waals surface area (Å²) in [6, 6.07) is 5.40. The lowest BCUT2D eigenvalue weighted by molar-refractivity contribution is 0.0697. The molecule has 25 heavy (non-hydrogen) atoms. The highest BCUT2D eigenvalue weighted by Gasteiger charge is 2.38. The zero-order chi connectivity index (χ0) is 17.6. The van der Waals surface area contributed by atoms with Crippen molar-refractivity contribution >= 4 is 22.7 Å². The average Bonchev–Trinajstić information content (AvgIpc) is 3.17. The third-order valence-electron chi connectivity index (χ3n) is 4.31. The van der Waals surface area contributed by atoms with E-state index in [1.54, 1.807) is 18.3 Å². The smallest absolute Gasteiger partial charge is 0.339 e. The van der Waals surface area contributed by atoms with E-state index >= 15 is 0 Å². The molecule has 0 aromatic carbocycles. The van der Waals surface area contributed by atoms with E-state index < -0.39 is 5.97 Å². The van der Waals surface area contributed by atoms with Crippen LogP contribution in [0.25, 0.3) is 16.9 Å². The number of carboxylic acids is 1. The van der Waals surface area contributed by atoms with E-state index in [0.29, 0.717) is 28.1 Å². The second kappa shape index (κ2) is 5.27. The van der Waals surface area contributed by atoms with Gasteiger partial charge in [-0.05, 0) is 25.8 Å². The van der Waals surface area contributed by atoms with Gasteiger partial charge < -0.3 is 10.4 Å². The maximum Gasteiger partial charge on any atom is 0.339 e. The Morgan fingerprint density at radius 3 is 2.80 bits per heavy atom. The highest BCUT2D eigenvalue weighted by atomic mass is 16.4. The minimum absolute atomic E-state index is 0.0744. The van der Waals surface area contributed by atoms with Gasteiger partial charge in [-0.15, -0.1) is 0 Å². The van der Waals surface area contributed by atoms with Gasteiger partial charge in [-0.3, -0.25) is 0 Å². The van der Waals surface area contributed by atoms with Crippen LogP contribution in [0.3, 0.4) is 0 Å². The Kier molecular flexibility index (Phi) is 3.18. The fourth-order valence-corrected chi connectivity index (χ4v) is 2.62. The van der Waals surface area contributed by atoms with Gasteiger partial charge in [0.15, 0.2) is 11.5 Å². The molecule has 124 valence electrons. The molecule has 1 fully saturated rings. The van der Waals surface area contributed by atoms with Crippen molar-refractivity contribution in [1.29, 1.82) is 5.26 Å². The summed E-state index contributed by atoms with van der Waals surface area (Å²) in [5.74, 6) is -0.572. The predicted octanol–water partition coefficient (Wildman–Crippen LogP) is 2.35. The van der Waals surface area contributed by atoms with E-state index in [1.165, 1.54) is 17.1 Å². The predicted molar refractivity (Wildman–Crippen MR) is 89.6 cm³/mol. The summed E-state index contributed by atoms with van der Waals surface area (Å²) in [5.41, 5.74) is 1.56. The highest BCUT2D eigenvalue weighted by molar-refractivity contribution is 5.94. The molecule has 4 rings (SSSR count). The van der Waals surface area contributed by atoms with E-state index in [-0.39, 0.29) is 11.1 Å². The van der Waals surface area contributed by atoms with Crippen LogP contribution in [-0.2, 0) is 0 Å². The zero-order valence-corrected chi connectivity index (χ0v) is 13.4. The third-order valence-corrected chi connectivity index (χ3v) is 4.31. The van der Waals surface area contributed by atoms with Gasteiger partial charge in [-0.25, -0.2) is 14.8 Å². The van der Waals surface area contributed by atoms with Crippen LogP contribution < -0.4 is 5.32 Å². The minimum atomic E-state index is -1.03. The quantitative estimate of drug-likeness (QED) is 0.752. The molecular weight excluding hydrogens is 320 g/mol. The molecule has 0 atom stereocenters. The molecule has 0 radical (unpaired) electrons. The lowest BCUT2D eigenvalue weighted by atomic mass is 10.2. The van der Waals surface area contributed by atoms with Crippen LogP contribution in [0.5, 0.6) is 0 Å². The number of hydrogen-bond donors (Lipinski definition) is 2. The summed E-state index contributed by atoms with van der Waals surface area (Å²) < 4.78 is 1.53. The molecule has 1 aliphatic carbocycles. The molecule has 8 heteroatoms. The first kappa shape index (κ1) is 15.1. The summed E-state index contributed by atoms with van der Waals surface area (Å²) in [6.07, 6.45) is 6.38. The van der Waals surface area contributed by atoms with Crippen LogP contribution in [0.1, 0.15) is 35.7 Å². The lowest BCUT2D eigenvalue weighted by Crippen LogP contribution is -2.19. The van der Waals surface area contributed by atoms with Crippen molar-refractivity contribution in [3.05, 3.63) is 41.9 Å². The first-order valence-corrected chi connectivity index (χ1v) is 7.75. The number of pyridine rings is 2. The summed E-state index contributed by atoms with van der Waals surface area (Å²) in [4.78, 5) is 19.9. The van der Waals surface area contributed by atoms with Crippen LogP contribution in [0.2, 0.25) is 0 Å². The molecule has 0 saturated heterocycles. The van der Waals surface area contributed by atoms with E-state index in [4.69, 9.17) is 5.26 Å². The number of nitrogens with one attached hydrogen (secondary N) is 1. The Balaban J connectivity index is 1.82. The standard InChI is InChI=1S/C17H14N6O2/c1-17(2-3-17)22-13-5-14(19-9-12(13)16(24)25)23-15-11(8-21-23)4-10(6-18)7-20-15/h4-5,7-9H,2-3H2,1H3,(H,19,22)(H,24,25). The number of anilines is 1. The van der Waals surface area contributed by atoms with Crippen molar-refractivity contribution in [2.75, 3.05) is 5.32 Å². The Labute approximate surface area is 142 Å².